The lowest BCUT2D eigenvalue weighted by atomic mass is 10.1. The van der Waals surface area contributed by atoms with Crippen molar-refractivity contribution in [2.45, 2.75) is 19.1 Å². The van der Waals surface area contributed by atoms with Crippen LogP contribution in [0.4, 0.5) is 4.39 Å². The maximum Gasteiger partial charge on any atom is 0.262 e. The predicted octanol–water partition coefficient (Wildman–Crippen LogP) is 3.77. The molecular weight excluding hydrogens is 417 g/mol. The number of aliphatic hydroxyl groups is 1. The smallest absolute Gasteiger partial charge is 0.262 e. The van der Waals surface area contributed by atoms with Gasteiger partial charge in [-0.1, -0.05) is 24.3 Å². The van der Waals surface area contributed by atoms with Crippen LogP contribution >= 0.6 is 11.3 Å². The molecule has 1 unspecified atom stereocenters. The third-order valence-corrected chi connectivity index (χ3v) is 5.66. The summed E-state index contributed by atoms with van der Waals surface area (Å²) in [5.74, 6) is 0.222. The Bertz CT molecular complexity index is 1290. The first-order valence-corrected chi connectivity index (χ1v) is 10.4. The molecule has 0 fully saturated rings. The van der Waals surface area contributed by atoms with Crippen molar-refractivity contribution in [3.63, 3.8) is 0 Å². The highest BCUT2D eigenvalue weighted by Crippen LogP contribution is 2.30. The number of aromatic nitrogens is 2. The fraction of sp³-hybridized carbons (Fsp3) is 0.174. The number of nitriles is 1. The third-order valence-electron chi connectivity index (χ3n) is 4.77. The van der Waals surface area contributed by atoms with E-state index in [1.54, 1.807) is 36.4 Å². The van der Waals surface area contributed by atoms with Gasteiger partial charge in [-0.25, -0.2) is 9.37 Å². The van der Waals surface area contributed by atoms with Crippen LogP contribution in [0.1, 0.15) is 5.56 Å². The van der Waals surface area contributed by atoms with Crippen molar-refractivity contribution in [2.24, 2.45) is 0 Å². The molecule has 0 aliphatic carbocycles. The van der Waals surface area contributed by atoms with Crippen molar-refractivity contribution in [3.8, 4) is 22.9 Å². The van der Waals surface area contributed by atoms with Crippen molar-refractivity contribution < 1.29 is 14.2 Å². The van der Waals surface area contributed by atoms with Gasteiger partial charge in [-0.3, -0.25) is 9.36 Å². The lowest BCUT2D eigenvalue weighted by Gasteiger charge is -2.14. The monoisotopic (exact) mass is 435 g/mol. The molecule has 0 aliphatic rings. The Morgan fingerprint density at radius 2 is 1.94 bits per heavy atom. The maximum absolute atomic E-state index is 13.3. The van der Waals surface area contributed by atoms with Gasteiger partial charge in [0.1, 0.15) is 29.1 Å². The fourth-order valence-corrected chi connectivity index (χ4v) is 4.11. The fourth-order valence-electron chi connectivity index (χ4n) is 3.21. The second kappa shape index (κ2) is 9.08. The van der Waals surface area contributed by atoms with Crippen molar-refractivity contribution in [1.29, 1.82) is 5.26 Å². The molecule has 1 N–H and O–H groups in total. The van der Waals surface area contributed by atoms with E-state index in [0.29, 0.717) is 28.0 Å². The molecule has 2 aromatic heterocycles. The first-order chi connectivity index (χ1) is 15.0. The summed E-state index contributed by atoms with van der Waals surface area (Å²) in [6, 6.07) is 15.1. The standard InChI is InChI=1S/C23H18FN3O3S/c24-17-5-3-16(4-6-17)20-13-31-22-21(20)23(29)27(14-26-22)11-18(28)12-30-19-7-1-15(2-8-19)9-10-25/h1-8,13-14,18,28H,9,11-12H2. The van der Waals surface area contributed by atoms with Gasteiger partial charge in [-0.2, -0.15) is 5.26 Å². The molecule has 0 saturated heterocycles. The van der Waals surface area contributed by atoms with Crippen LogP contribution in [-0.2, 0) is 13.0 Å². The first-order valence-electron chi connectivity index (χ1n) is 9.54. The third kappa shape index (κ3) is 4.63. The van der Waals surface area contributed by atoms with Crippen molar-refractivity contribution in [3.05, 3.63) is 82.0 Å². The lowest BCUT2D eigenvalue weighted by Crippen LogP contribution is -2.30. The van der Waals surface area contributed by atoms with Crippen LogP contribution in [0.5, 0.6) is 5.75 Å². The number of rotatable bonds is 7. The molecule has 6 nitrogen and oxygen atoms in total. The molecule has 0 bridgehead atoms. The van der Waals surface area contributed by atoms with Gasteiger partial charge in [-0.15, -0.1) is 11.3 Å². The van der Waals surface area contributed by atoms with Gasteiger partial charge in [0.25, 0.3) is 5.56 Å². The molecule has 0 spiro atoms. The Kier molecular flexibility index (Phi) is 6.07. The summed E-state index contributed by atoms with van der Waals surface area (Å²) < 4.78 is 20.2. The zero-order valence-electron chi connectivity index (χ0n) is 16.4. The van der Waals surface area contributed by atoms with Gasteiger partial charge in [0.05, 0.1) is 30.7 Å². The van der Waals surface area contributed by atoms with Gasteiger partial charge in [0, 0.05) is 10.9 Å². The van der Waals surface area contributed by atoms with E-state index in [2.05, 4.69) is 11.1 Å². The highest BCUT2D eigenvalue weighted by atomic mass is 32.1. The number of fused-ring (bicyclic) bond motifs is 1. The second-order valence-electron chi connectivity index (χ2n) is 6.98. The second-order valence-corrected chi connectivity index (χ2v) is 7.84. The number of aliphatic hydroxyl groups excluding tert-OH is 1. The Balaban J connectivity index is 1.50. The SMILES string of the molecule is N#CCc1ccc(OCC(O)Cn2cnc3scc(-c4ccc(F)cc4)c3c2=O)cc1. The average molecular weight is 435 g/mol. The lowest BCUT2D eigenvalue weighted by molar-refractivity contribution is 0.0915. The molecule has 4 aromatic rings. The summed E-state index contributed by atoms with van der Waals surface area (Å²) in [7, 11) is 0. The quantitative estimate of drug-likeness (QED) is 0.477. The van der Waals surface area contributed by atoms with Crippen molar-refractivity contribution in [1.82, 2.24) is 9.55 Å². The molecule has 156 valence electrons. The van der Waals surface area contributed by atoms with Gasteiger partial charge in [-0.05, 0) is 35.4 Å². The summed E-state index contributed by atoms with van der Waals surface area (Å²) in [6.45, 7) is 0.0174. The Morgan fingerprint density at radius 1 is 1.19 bits per heavy atom. The van der Waals surface area contributed by atoms with Gasteiger partial charge in [0.15, 0.2) is 0 Å². The Labute approximate surface area is 181 Å². The number of ether oxygens (including phenoxy) is 1. The normalized spacial score (nSPS) is 11.9. The van der Waals surface area contributed by atoms with Crippen molar-refractivity contribution in [2.75, 3.05) is 6.61 Å². The summed E-state index contributed by atoms with van der Waals surface area (Å²) in [5.41, 5.74) is 2.03. The Morgan fingerprint density at radius 3 is 2.65 bits per heavy atom. The molecule has 0 amide bonds. The molecule has 2 heterocycles. The molecule has 2 aromatic carbocycles. The van der Waals surface area contributed by atoms with E-state index in [1.165, 1.54) is 34.4 Å². The van der Waals surface area contributed by atoms with Crippen LogP contribution in [0.2, 0.25) is 0 Å². The number of hydrogen-bond donors (Lipinski definition) is 1. The van der Waals surface area contributed by atoms with Gasteiger partial charge in [0.2, 0.25) is 0 Å². The first kappa shape index (κ1) is 20.7. The highest BCUT2D eigenvalue weighted by Gasteiger charge is 2.15. The minimum atomic E-state index is -0.927. The number of benzene rings is 2. The minimum Gasteiger partial charge on any atom is -0.491 e. The summed E-state index contributed by atoms with van der Waals surface area (Å²) in [5, 5.41) is 21.4. The van der Waals surface area contributed by atoms with E-state index in [-0.39, 0.29) is 24.5 Å². The van der Waals surface area contributed by atoms with E-state index in [0.717, 1.165) is 11.1 Å². The van der Waals surface area contributed by atoms with Gasteiger partial charge >= 0.3 is 0 Å². The van der Waals surface area contributed by atoms with Crippen molar-refractivity contribution >= 4 is 21.6 Å². The number of halogens is 1. The van der Waals surface area contributed by atoms with Crippen LogP contribution in [0.3, 0.4) is 0 Å². The minimum absolute atomic E-state index is 0.00344. The molecule has 1 atom stereocenters. The molecule has 0 radical (unpaired) electrons. The molecule has 0 saturated carbocycles. The van der Waals surface area contributed by atoms with Crippen LogP contribution in [0.15, 0.2) is 65.0 Å². The zero-order valence-corrected chi connectivity index (χ0v) is 17.2. The van der Waals surface area contributed by atoms with E-state index in [1.807, 2.05) is 5.38 Å². The predicted molar refractivity (Wildman–Crippen MR) is 117 cm³/mol. The maximum atomic E-state index is 13.3. The molecule has 0 aliphatic heterocycles. The van der Waals surface area contributed by atoms with Crippen LogP contribution in [0.25, 0.3) is 21.3 Å². The summed E-state index contributed by atoms with van der Waals surface area (Å²) in [6.07, 6.45) is 0.808. The van der Waals surface area contributed by atoms with E-state index >= 15 is 0 Å². The van der Waals surface area contributed by atoms with E-state index < -0.39 is 6.10 Å². The highest BCUT2D eigenvalue weighted by molar-refractivity contribution is 7.17. The largest absolute Gasteiger partial charge is 0.491 e. The summed E-state index contributed by atoms with van der Waals surface area (Å²) in [4.78, 5) is 18.0. The molecule has 8 heteroatoms. The summed E-state index contributed by atoms with van der Waals surface area (Å²) >= 11 is 1.34. The van der Waals surface area contributed by atoms with E-state index in [9.17, 15) is 14.3 Å². The van der Waals surface area contributed by atoms with Crippen LogP contribution in [0, 0.1) is 17.1 Å². The topological polar surface area (TPSA) is 88.1 Å². The number of nitrogens with zero attached hydrogens (tertiary/aromatic N) is 3. The number of thiophene rings is 1. The van der Waals surface area contributed by atoms with Crippen LogP contribution < -0.4 is 10.3 Å². The zero-order chi connectivity index (χ0) is 21.8. The van der Waals surface area contributed by atoms with E-state index in [4.69, 9.17) is 10.00 Å². The molecular formula is C23H18FN3O3S. The molecule has 31 heavy (non-hydrogen) atoms. The van der Waals surface area contributed by atoms with Crippen LogP contribution in [-0.4, -0.2) is 27.4 Å². The molecule has 4 rings (SSSR count). The number of hydrogen-bond acceptors (Lipinski definition) is 6. The average Bonchev–Trinajstić information content (AvgIpc) is 3.21. The Hall–Kier alpha value is -3.54. The van der Waals surface area contributed by atoms with Gasteiger partial charge < -0.3 is 9.84 Å².